The second-order valence-corrected chi connectivity index (χ2v) is 6.23. The molecular weight excluding hydrogens is 184 g/mol. The van der Waals surface area contributed by atoms with Gasteiger partial charge in [-0.3, -0.25) is 0 Å². The van der Waals surface area contributed by atoms with Gasteiger partial charge in [-0.2, -0.15) is 0 Å². The van der Waals surface area contributed by atoms with Crippen LogP contribution in [0.3, 0.4) is 0 Å². The lowest BCUT2D eigenvalue weighted by Gasteiger charge is -2.43. The van der Waals surface area contributed by atoms with Crippen LogP contribution >= 0.6 is 0 Å². The lowest BCUT2D eigenvalue weighted by Crippen LogP contribution is -2.43. The van der Waals surface area contributed by atoms with Crippen molar-refractivity contribution in [2.45, 2.75) is 64.1 Å². The van der Waals surface area contributed by atoms with Crippen molar-refractivity contribution in [3.05, 3.63) is 11.6 Å². The van der Waals surface area contributed by atoms with Gasteiger partial charge in [0, 0.05) is 0 Å². The zero-order valence-corrected chi connectivity index (χ0v) is 10.2. The van der Waals surface area contributed by atoms with Crippen molar-refractivity contribution < 1.29 is 4.74 Å². The Balaban J connectivity index is 2.04. The van der Waals surface area contributed by atoms with Crippen molar-refractivity contribution in [3.8, 4) is 0 Å². The van der Waals surface area contributed by atoms with Gasteiger partial charge in [-0.15, -0.1) is 0 Å². The summed E-state index contributed by atoms with van der Waals surface area (Å²) in [6.45, 7) is 6.86. The minimum absolute atomic E-state index is 0.112. The summed E-state index contributed by atoms with van der Waals surface area (Å²) in [6.07, 6.45) is 9.09. The van der Waals surface area contributed by atoms with Crippen molar-refractivity contribution in [2.75, 3.05) is 0 Å². The molecule has 1 spiro atoms. The molecule has 15 heavy (non-hydrogen) atoms. The Morgan fingerprint density at radius 1 is 1.20 bits per heavy atom. The van der Waals surface area contributed by atoms with Gasteiger partial charge in [0.15, 0.2) is 0 Å². The molecule has 1 saturated carbocycles. The summed E-state index contributed by atoms with van der Waals surface area (Å²) < 4.78 is 6.51. The van der Waals surface area contributed by atoms with E-state index < -0.39 is 0 Å². The zero-order chi connectivity index (χ0) is 10.7. The van der Waals surface area contributed by atoms with E-state index >= 15 is 0 Å². The van der Waals surface area contributed by atoms with Crippen LogP contribution in [0.4, 0.5) is 0 Å². The van der Waals surface area contributed by atoms with Crippen molar-refractivity contribution in [2.24, 2.45) is 11.8 Å². The Kier molecular flexibility index (Phi) is 1.90. The summed E-state index contributed by atoms with van der Waals surface area (Å²) in [7, 11) is 0. The number of rotatable bonds is 0. The molecule has 1 nitrogen and oxygen atoms in total. The first-order valence-electron chi connectivity index (χ1n) is 6.42. The molecule has 84 valence electrons. The van der Waals surface area contributed by atoms with Crippen LogP contribution in [-0.4, -0.2) is 11.2 Å². The van der Waals surface area contributed by atoms with E-state index in [4.69, 9.17) is 4.74 Å². The topological polar surface area (TPSA) is 9.23 Å². The molecule has 0 aromatic carbocycles. The fraction of sp³-hybridized carbons (Fsp3) is 0.857. The average Bonchev–Trinajstić information content (AvgIpc) is 2.38. The van der Waals surface area contributed by atoms with Crippen LogP contribution in [0.25, 0.3) is 0 Å². The minimum Gasteiger partial charge on any atom is -0.364 e. The van der Waals surface area contributed by atoms with Gasteiger partial charge in [0.2, 0.25) is 0 Å². The van der Waals surface area contributed by atoms with E-state index in [1.54, 1.807) is 0 Å². The van der Waals surface area contributed by atoms with Gasteiger partial charge in [0.1, 0.15) is 0 Å². The highest BCUT2D eigenvalue weighted by Gasteiger charge is 2.58. The van der Waals surface area contributed by atoms with Crippen molar-refractivity contribution in [1.29, 1.82) is 0 Å². The van der Waals surface area contributed by atoms with E-state index in [0.29, 0.717) is 0 Å². The molecule has 0 N–H and O–H groups in total. The van der Waals surface area contributed by atoms with E-state index in [0.717, 1.165) is 11.8 Å². The molecule has 3 aliphatic rings. The predicted octanol–water partition coefficient (Wildman–Crippen LogP) is 3.69. The lowest BCUT2D eigenvalue weighted by atomic mass is 9.64. The molecule has 3 atom stereocenters. The van der Waals surface area contributed by atoms with Gasteiger partial charge in [-0.25, -0.2) is 0 Å². The maximum absolute atomic E-state index is 6.51. The summed E-state index contributed by atoms with van der Waals surface area (Å²) >= 11 is 0. The zero-order valence-electron chi connectivity index (χ0n) is 10.2. The minimum atomic E-state index is 0.112. The molecule has 2 fully saturated rings. The van der Waals surface area contributed by atoms with Crippen LogP contribution in [0.2, 0.25) is 0 Å². The molecule has 1 saturated heterocycles. The molecule has 3 rings (SSSR count). The second kappa shape index (κ2) is 2.88. The first kappa shape index (κ1) is 9.89. The molecule has 2 aliphatic carbocycles. The normalized spacial score (nSPS) is 47.3. The SMILES string of the molecule is CC1=CCCC2CC[C@@H]3C[C@]12OC3(C)C. The number of ether oxygens (including phenoxy) is 1. The van der Waals surface area contributed by atoms with Crippen molar-refractivity contribution >= 4 is 0 Å². The Hall–Kier alpha value is -0.300. The van der Waals surface area contributed by atoms with Crippen LogP contribution < -0.4 is 0 Å². The number of hydrogen-bond donors (Lipinski definition) is 0. The highest BCUT2D eigenvalue weighted by molar-refractivity contribution is 5.26. The predicted molar refractivity (Wildman–Crippen MR) is 61.7 cm³/mol. The Morgan fingerprint density at radius 3 is 2.73 bits per heavy atom. The van der Waals surface area contributed by atoms with Crippen LogP contribution in [0.15, 0.2) is 11.6 Å². The van der Waals surface area contributed by atoms with Crippen LogP contribution in [0.1, 0.15) is 52.9 Å². The maximum Gasteiger partial charge on any atom is 0.0928 e. The molecule has 1 heteroatoms. The monoisotopic (exact) mass is 206 g/mol. The highest BCUT2D eigenvalue weighted by atomic mass is 16.5. The second-order valence-electron chi connectivity index (χ2n) is 6.23. The van der Waals surface area contributed by atoms with Crippen molar-refractivity contribution in [1.82, 2.24) is 0 Å². The average molecular weight is 206 g/mol. The molecule has 1 heterocycles. The summed E-state index contributed by atoms with van der Waals surface area (Å²) in [5.74, 6) is 1.59. The van der Waals surface area contributed by atoms with Gasteiger partial charge < -0.3 is 4.74 Å². The molecule has 0 amide bonds. The molecule has 0 radical (unpaired) electrons. The largest absolute Gasteiger partial charge is 0.364 e. The Bertz CT molecular complexity index is 315. The number of allylic oxidation sites excluding steroid dienone is 1. The third-order valence-electron chi connectivity index (χ3n) is 5.13. The van der Waals surface area contributed by atoms with Gasteiger partial charge in [0.25, 0.3) is 0 Å². The summed E-state index contributed by atoms with van der Waals surface area (Å²) in [5, 5.41) is 0. The van der Waals surface area contributed by atoms with E-state index in [9.17, 15) is 0 Å². The molecule has 1 aliphatic heterocycles. The van der Waals surface area contributed by atoms with E-state index in [2.05, 4.69) is 26.8 Å². The molecule has 0 aromatic rings. The summed E-state index contributed by atoms with van der Waals surface area (Å²) in [6, 6.07) is 0. The third-order valence-corrected chi connectivity index (χ3v) is 5.13. The van der Waals surface area contributed by atoms with E-state index in [1.165, 1.54) is 37.7 Å². The Labute approximate surface area is 92.9 Å². The smallest absolute Gasteiger partial charge is 0.0928 e. The van der Waals surface area contributed by atoms with Crippen molar-refractivity contribution in [3.63, 3.8) is 0 Å². The van der Waals surface area contributed by atoms with Gasteiger partial charge >= 0.3 is 0 Å². The molecule has 1 unspecified atom stereocenters. The standard InChI is InChI=1S/C14H22O/c1-10-5-4-6-11-7-8-12-9-14(10,11)15-13(12,2)3/h5,11-12H,4,6-9H2,1-3H3/t11?,12-,14+/m1/s1. The molecule has 2 bridgehead atoms. The number of fused-ring (bicyclic) bond motifs is 1. The van der Waals surface area contributed by atoms with Gasteiger partial charge in [0.05, 0.1) is 11.2 Å². The highest BCUT2D eigenvalue weighted by Crippen LogP contribution is 2.58. The quantitative estimate of drug-likeness (QED) is 0.549. The molecular formula is C14H22O. The van der Waals surface area contributed by atoms with Gasteiger partial charge in [-0.1, -0.05) is 6.08 Å². The van der Waals surface area contributed by atoms with E-state index in [-0.39, 0.29) is 11.2 Å². The third kappa shape index (κ3) is 1.19. The Morgan fingerprint density at radius 2 is 1.93 bits per heavy atom. The first-order chi connectivity index (χ1) is 7.05. The fourth-order valence-electron chi connectivity index (χ4n) is 4.16. The summed E-state index contributed by atoms with van der Waals surface area (Å²) in [4.78, 5) is 0. The van der Waals surface area contributed by atoms with Crippen LogP contribution in [-0.2, 0) is 4.74 Å². The van der Waals surface area contributed by atoms with Crippen LogP contribution in [0.5, 0.6) is 0 Å². The fourth-order valence-corrected chi connectivity index (χ4v) is 4.16. The van der Waals surface area contributed by atoms with Gasteiger partial charge in [-0.05, 0) is 70.3 Å². The maximum atomic E-state index is 6.51. The molecule has 0 aromatic heterocycles. The van der Waals surface area contributed by atoms with Crippen LogP contribution in [0, 0.1) is 11.8 Å². The first-order valence-corrected chi connectivity index (χ1v) is 6.42. The number of hydrogen-bond acceptors (Lipinski definition) is 1. The lowest BCUT2D eigenvalue weighted by molar-refractivity contribution is -0.0961. The summed E-state index contributed by atoms with van der Waals surface area (Å²) in [5.41, 5.74) is 1.78. The van der Waals surface area contributed by atoms with E-state index in [1.807, 2.05) is 0 Å².